The maximum atomic E-state index is 12.9. The fourth-order valence-electron chi connectivity index (χ4n) is 1.86. The summed E-state index contributed by atoms with van der Waals surface area (Å²) in [5.74, 6) is -1.31. The molecule has 2 aromatic carbocycles. The molecule has 0 aliphatic heterocycles. The van der Waals surface area contributed by atoms with Crippen molar-refractivity contribution in [1.29, 1.82) is 0 Å². The lowest BCUT2D eigenvalue weighted by Gasteiger charge is -2.08. The summed E-state index contributed by atoms with van der Waals surface area (Å²) in [6.07, 6.45) is 0.268. The van der Waals surface area contributed by atoms with Crippen LogP contribution in [0.15, 0.2) is 48.5 Å². The summed E-state index contributed by atoms with van der Waals surface area (Å²) in [5, 5.41) is 8.79. The molecule has 0 amide bonds. The second kappa shape index (κ2) is 5.63. The Morgan fingerprint density at radius 1 is 1.16 bits per heavy atom. The van der Waals surface area contributed by atoms with Crippen LogP contribution in [0.1, 0.15) is 5.56 Å². The average molecular weight is 259 g/mol. The highest BCUT2D eigenvalue weighted by Crippen LogP contribution is 2.21. The average Bonchev–Trinajstić information content (AvgIpc) is 2.39. The molecular formula is C15H14FNO2. The van der Waals surface area contributed by atoms with Crippen molar-refractivity contribution in [3.8, 4) is 11.1 Å². The fourth-order valence-corrected chi connectivity index (χ4v) is 1.86. The van der Waals surface area contributed by atoms with Gasteiger partial charge in [0.05, 0.1) is 0 Å². The van der Waals surface area contributed by atoms with E-state index in [-0.39, 0.29) is 12.2 Å². The van der Waals surface area contributed by atoms with Crippen LogP contribution in [0, 0.1) is 5.82 Å². The fraction of sp³-hybridized carbons (Fsp3) is 0.133. The Hall–Kier alpha value is -2.20. The molecule has 0 bridgehead atoms. The molecule has 98 valence electrons. The molecule has 0 fully saturated rings. The zero-order valence-corrected chi connectivity index (χ0v) is 10.2. The number of hydrogen-bond acceptors (Lipinski definition) is 2. The third-order valence-corrected chi connectivity index (χ3v) is 2.88. The van der Waals surface area contributed by atoms with Crippen LogP contribution in [0.5, 0.6) is 0 Å². The molecule has 1 atom stereocenters. The molecule has 3 N–H and O–H groups in total. The van der Waals surface area contributed by atoms with Gasteiger partial charge in [-0.1, -0.05) is 36.4 Å². The van der Waals surface area contributed by atoms with Gasteiger partial charge < -0.3 is 10.8 Å². The van der Waals surface area contributed by atoms with Gasteiger partial charge in [0.2, 0.25) is 0 Å². The Bertz CT molecular complexity index is 581. The van der Waals surface area contributed by atoms with E-state index in [9.17, 15) is 9.18 Å². The summed E-state index contributed by atoms with van der Waals surface area (Å²) < 4.78 is 12.9. The zero-order valence-electron chi connectivity index (χ0n) is 10.2. The van der Waals surface area contributed by atoms with Crippen LogP contribution in [-0.2, 0) is 11.2 Å². The normalized spacial score (nSPS) is 12.1. The molecule has 4 heteroatoms. The standard InChI is InChI=1S/C15H14FNO2/c16-13-6-4-11(5-7-13)12-3-1-2-10(8-12)9-14(17)15(18)19/h1-8,14H,9,17H2,(H,18,19). The van der Waals surface area contributed by atoms with Crippen LogP contribution in [0.25, 0.3) is 11.1 Å². The first-order chi connectivity index (χ1) is 9.06. The van der Waals surface area contributed by atoms with Crippen molar-refractivity contribution in [1.82, 2.24) is 0 Å². The first kappa shape index (κ1) is 13.2. The first-order valence-electron chi connectivity index (χ1n) is 5.89. The molecule has 1 unspecified atom stereocenters. The largest absolute Gasteiger partial charge is 0.480 e. The predicted molar refractivity (Wildman–Crippen MR) is 71.2 cm³/mol. The van der Waals surface area contributed by atoms with E-state index in [0.29, 0.717) is 0 Å². The maximum Gasteiger partial charge on any atom is 0.320 e. The Labute approximate surface area is 110 Å². The van der Waals surface area contributed by atoms with Gasteiger partial charge in [-0.3, -0.25) is 4.79 Å². The van der Waals surface area contributed by atoms with Crippen molar-refractivity contribution in [2.75, 3.05) is 0 Å². The number of benzene rings is 2. The topological polar surface area (TPSA) is 63.3 Å². The lowest BCUT2D eigenvalue weighted by atomic mass is 10.00. The molecule has 0 saturated heterocycles. The summed E-state index contributed by atoms with van der Waals surface area (Å²) in [7, 11) is 0. The van der Waals surface area contributed by atoms with E-state index in [2.05, 4.69) is 0 Å². The molecular weight excluding hydrogens is 245 g/mol. The van der Waals surface area contributed by atoms with Crippen molar-refractivity contribution in [2.45, 2.75) is 12.5 Å². The number of carboxylic acid groups (broad SMARTS) is 1. The van der Waals surface area contributed by atoms with Crippen LogP contribution >= 0.6 is 0 Å². The summed E-state index contributed by atoms with van der Waals surface area (Å²) in [5.41, 5.74) is 8.15. The highest BCUT2D eigenvalue weighted by molar-refractivity contribution is 5.73. The minimum absolute atomic E-state index is 0.268. The predicted octanol–water partition coefficient (Wildman–Crippen LogP) is 2.45. The van der Waals surface area contributed by atoms with Gasteiger partial charge in [-0.2, -0.15) is 0 Å². The summed E-state index contributed by atoms with van der Waals surface area (Å²) in [4.78, 5) is 10.7. The number of aliphatic carboxylic acids is 1. The van der Waals surface area contributed by atoms with E-state index in [0.717, 1.165) is 16.7 Å². The summed E-state index contributed by atoms with van der Waals surface area (Å²) in [6.45, 7) is 0. The number of halogens is 1. The molecule has 0 aliphatic rings. The summed E-state index contributed by atoms with van der Waals surface area (Å²) >= 11 is 0. The zero-order chi connectivity index (χ0) is 13.8. The van der Waals surface area contributed by atoms with Crippen LogP contribution in [0.3, 0.4) is 0 Å². The highest BCUT2D eigenvalue weighted by atomic mass is 19.1. The van der Waals surface area contributed by atoms with E-state index < -0.39 is 12.0 Å². The lowest BCUT2D eigenvalue weighted by molar-refractivity contribution is -0.138. The third kappa shape index (κ3) is 3.39. The van der Waals surface area contributed by atoms with E-state index >= 15 is 0 Å². The van der Waals surface area contributed by atoms with Crippen molar-refractivity contribution in [3.63, 3.8) is 0 Å². The third-order valence-electron chi connectivity index (χ3n) is 2.88. The Balaban J connectivity index is 2.24. The van der Waals surface area contributed by atoms with Crippen molar-refractivity contribution in [3.05, 3.63) is 59.9 Å². The molecule has 0 aliphatic carbocycles. The van der Waals surface area contributed by atoms with Crippen LogP contribution in [-0.4, -0.2) is 17.1 Å². The van der Waals surface area contributed by atoms with Gasteiger partial charge in [-0.15, -0.1) is 0 Å². The lowest BCUT2D eigenvalue weighted by Crippen LogP contribution is -2.32. The van der Waals surface area contributed by atoms with E-state index in [4.69, 9.17) is 10.8 Å². The smallest absolute Gasteiger partial charge is 0.320 e. The van der Waals surface area contributed by atoms with Gasteiger partial charge in [-0.25, -0.2) is 4.39 Å². The molecule has 3 nitrogen and oxygen atoms in total. The van der Waals surface area contributed by atoms with Crippen LogP contribution < -0.4 is 5.73 Å². The second-order valence-electron chi connectivity index (χ2n) is 4.36. The number of carbonyl (C=O) groups is 1. The van der Waals surface area contributed by atoms with Gasteiger partial charge >= 0.3 is 5.97 Å². The van der Waals surface area contributed by atoms with E-state index in [1.807, 2.05) is 24.3 Å². The molecule has 0 aromatic heterocycles. The Morgan fingerprint density at radius 2 is 1.84 bits per heavy atom. The highest BCUT2D eigenvalue weighted by Gasteiger charge is 2.12. The van der Waals surface area contributed by atoms with Crippen molar-refractivity contribution < 1.29 is 14.3 Å². The SMILES string of the molecule is NC(Cc1cccc(-c2ccc(F)cc2)c1)C(=O)O. The van der Waals surface area contributed by atoms with E-state index in [1.165, 1.54) is 12.1 Å². The van der Waals surface area contributed by atoms with Crippen LogP contribution in [0.4, 0.5) is 4.39 Å². The molecule has 0 saturated carbocycles. The molecule has 0 radical (unpaired) electrons. The minimum atomic E-state index is -1.02. The van der Waals surface area contributed by atoms with Crippen molar-refractivity contribution >= 4 is 5.97 Å². The van der Waals surface area contributed by atoms with Crippen LogP contribution in [0.2, 0.25) is 0 Å². The number of rotatable bonds is 4. The molecule has 2 aromatic rings. The summed E-state index contributed by atoms with van der Waals surface area (Å²) in [6, 6.07) is 12.7. The monoisotopic (exact) mass is 259 g/mol. The van der Waals surface area contributed by atoms with Gasteiger partial charge in [-0.05, 0) is 35.2 Å². The van der Waals surface area contributed by atoms with Gasteiger partial charge in [0.25, 0.3) is 0 Å². The Morgan fingerprint density at radius 3 is 2.47 bits per heavy atom. The van der Waals surface area contributed by atoms with Gasteiger partial charge in [0.15, 0.2) is 0 Å². The Kier molecular flexibility index (Phi) is 3.92. The molecule has 0 spiro atoms. The van der Waals surface area contributed by atoms with Crippen molar-refractivity contribution in [2.24, 2.45) is 5.73 Å². The maximum absolute atomic E-state index is 12.9. The first-order valence-corrected chi connectivity index (χ1v) is 5.89. The number of hydrogen-bond donors (Lipinski definition) is 2. The second-order valence-corrected chi connectivity index (χ2v) is 4.36. The molecule has 2 rings (SSSR count). The minimum Gasteiger partial charge on any atom is -0.480 e. The molecule has 0 heterocycles. The number of nitrogens with two attached hydrogens (primary N) is 1. The van der Waals surface area contributed by atoms with Gasteiger partial charge in [0, 0.05) is 0 Å². The van der Waals surface area contributed by atoms with Gasteiger partial charge in [0.1, 0.15) is 11.9 Å². The quantitative estimate of drug-likeness (QED) is 0.886. The van der Waals surface area contributed by atoms with E-state index in [1.54, 1.807) is 12.1 Å². The molecule has 19 heavy (non-hydrogen) atoms. The number of carboxylic acids is 1.